The van der Waals surface area contributed by atoms with Crippen LogP contribution in [0.3, 0.4) is 0 Å². The summed E-state index contributed by atoms with van der Waals surface area (Å²) in [5.41, 5.74) is 4.78. The molecule has 0 fully saturated rings. The monoisotopic (exact) mass is 936 g/mol. The SMILES string of the molecule is CCCCCCCCCCCCCCCCCC(=O)Oc1ccc(CC[n+]2c(C)cc(C)cc2C)cc1OC(=O)CCCCCCCCCCCCCCCCC.F[P-](F)(F)(F)(F)F. The second-order valence-electron chi connectivity index (χ2n) is 18.3. The zero-order chi connectivity index (χ0) is 47.6. The normalized spacial score (nSPS) is 12.6. The van der Waals surface area contributed by atoms with Crippen molar-refractivity contribution >= 4 is 19.7 Å². The molecule has 0 aliphatic heterocycles. The molecule has 0 spiro atoms. The summed E-state index contributed by atoms with van der Waals surface area (Å²) in [7, 11) is -10.7. The number of pyridine rings is 1. The number of aromatic nitrogens is 1. The molecule has 0 saturated carbocycles. The Bertz CT molecular complexity index is 1520. The van der Waals surface area contributed by atoms with Gasteiger partial charge < -0.3 is 9.47 Å². The molecule has 1 heterocycles. The molecular formula is C52H88F6NO4P. The number of aryl methyl sites for hydroxylation is 4. The Labute approximate surface area is 384 Å². The van der Waals surface area contributed by atoms with Crippen molar-refractivity contribution in [2.24, 2.45) is 0 Å². The van der Waals surface area contributed by atoms with E-state index in [4.69, 9.17) is 9.47 Å². The summed E-state index contributed by atoms with van der Waals surface area (Å²) >= 11 is 0. The van der Waals surface area contributed by atoms with E-state index in [1.165, 1.54) is 177 Å². The van der Waals surface area contributed by atoms with Gasteiger partial charge in [-0.2, -0.15) is 4.57 Å². The number of hydrogen-bond acceptors (Lipinski definition) is 4. The van der Waals surface area contributed by atoms with Gasteiger partial charge in [-0.25, -0.2) is 0 Å². The van der Waals surface area contributed by atoms with Crippen LogP contribution in [0.15, 0.2) is 30.3 Å². The molecule has 12 heteroatoms. The number of carbonyl (C=O) groups excluding carboxylic acids is 2. The van der Waals surface area contributed by atoms with Crippen molar-refractivity contribution in [2.45, 2.75) is 253 Å². The van der Waals surface area contributed by atoms with Crippen molar-refractivity contribution < 1.29 is 48.8 Å². The van der Waals surface area contributed by atoms with E-state index in [0.717, 1.165) is 50.6 Å². The molecule has 372 valence electrons. The first-order chi connectivity index (χ1) is 30.3. The van der Waals surface area contributed by atoms with Crippen LogP contribution in [-0.2, 0) is 22.6 Å². The van der Waals surface area contributed by atoms with Gasteiger partial charge in [0.25, 0.3) is 0 Å². The van der Waals surface area contributed by atoms with Crippen LogP contribution < -0.4 is 14.0 Å². The zero-order valence-corrected chi connectivity index (χ0v) is 41.6. The van der Waals surface area contributed by atoms with E-state index in [-0.39, 0.29) is 11.9 Å². The molecule has 1 aromatic carbocycles. The molecule has 0 aliphatic carbocycles. The molecular weight excluding hydrogens is 848 g/mol. The van der Waals surface area contributed by atoms with Crippen molar-refractivity contribution in [2.75, 3.05) is 0 Å². The molecule has 0 N–H and O–H groups in total. The summed E-state index contributed by atoms with van der Waals surface area (Å²) in [6, 6.07) is 10.1. The molecule has 0 unspecified atom stereocenters. The molecule has 5 nitrogen and oxygen atoms in total. The van der Waals surface area contributed by atoms with Crippen molar-refractivity contribution in [1.29, 1.82) is 0 Å². The molecule has 0 bridgehead atoms. The number of benzene rings is 1. The van der Waals surface area contributed by atoms with Gasteiger partial charge in [0.05, 0.1) is 0 Å². The number of nitrogens with zero attached hydrogens (tertiary/aromatic N) is 1. The Morgan fingerprint density at radius 3 is 1.08 bits per heavy atom. The van der Waals surface area contributed by atoms with Crippen molar-refractivity contribution in [1.82, 2.24) is 0 Å². The molecule has 0 aliphatic rings. The van der Waals surface area contributed by atoms with Crippen LogP contribution in [0.4, 0.5) is 25.2 Å². The van der Waals surface area contributed by atoms with Crippen LogP contribution in [0, 0.1) is 20.8 Å². The van der Waals surface area contributed by atoms with Gasteiger partial charge in [0.2, 0.25) is 0 Å². The summed E-state index contributed by atoms with van der Waals surface area (Å²) in [6.07, 6.45) is 40.3. The minimum absolute atomic E-state index is 0.249. The molecule has 0 radical (unpaired) electrons. The Morgan fingerprint density at radius 1 is 0.453 bits per heavy atom. The van der Waals surface area contributed by atoms with E-state index >= 15 is 0 Å². The Kier molecular flexibility index (Phi) is 30.5. The Balaban J connectivity index is 0.00000269. The van der Waals surface area contributed by atoms with Gasteiger partial charge in [0.15, 0.2) is 29.4 Å². The average Bonchev–Trinajstić information content (AvgIpc) is 3.20. The predicted molar refractivity (Wildman–Crippen MR) is 255 cm³/mol. The fourth-order valence-electron chi connectivity index (χ4n) is 8.23. The van der Waals surface area contributed by atoms with Gasteiger partial charge in [-0.1, -0.05) is 200 Å². The van der Waals surface area contributed by atoms with Gasteiger partial charge in [-0.3, -0.25) is 9.59 Å². The summed E-state index contributed by atoms with van der Waals surface area (Å²) in [5, 5.41) is 0. The molecule has 0 amide bonds. The van der Waals surface area contributed by atoms with Crippen LogP contribution in [0.1, 0.15) is 242 Å². The number of halogens is 6. The third-order valence-corrected chi connectivity index (χ3v) is 11.8. The van der Waals surface area contributed by atoms with E-state index in [9.17, 15) is 34.8 Å². The van der Waals surface area contributed by atoms with E-state index < -0.39 is 7.81 Å². The number of unbranched alkanes of at least 4 members (excludes halogenated alkanes) is 28. The number of carbonyl (C=O) groups is 2. The fourth-order valence-corrected chi connectivity index (χ4v) is 8.23. The molecule has 64 heavy (non-hydrogen) atoms. The zero-order valence-electron chi connectivity index (χ0n) is 40.7. The van der Waals surface area contributed by atoms with E-state index in [1.54, 1.807) is 0 Å². The molecule has 2 aromatic rings. The summed E-state index contributed by atoms with van der Waals surface area (Å²) < 4.78 is 73.3. The average molecular weight is 936 g/mol. The molecule has 2 rings (SSSR count). The van der Waals surface area contributed by atoms with E-state index in [0.29, 0.717) is 24.3 Å². The van der Waals surface area contributed by atoms with Crippen LogP contribution >= 0.6 is 7.81 Å². The van der Waals surface area contributed by atoms with E-state index in [1.807, 2.05) is 18.2 Å². The Hall–Kier alpha value is -2.68. The Morgan fingerprint density at radius 2 is 0.750 bits per heavy atom. The van der Waals surface area contributed by atoms with Gasteiger partial charge in [0.1, 0.15) is 0 Å². The summed E-state index contributed by atoms with van der Waals surface area (Å²) in [6.45, 7) is 11.8. The molecule has 0 atom stereocenters. The van der Waals surface area contributed by atoms with E-state index in [2.05, 4.69) is 51.3 Å². The van der Waals surface area contributed by atoms with Gasteiger partial charge in [-0.05, 0) is 43.0 Å². The van der Waals surface area contributed by atoms with Crippen LogP contribution in [-0.4, -0.2) is 11.9 Å². The van der Waals surface area contributed by atoms with Gasteiger partial charge in [-0.15, -0.1) is 0 Å². The first kappa shape index (κ1) is 59.3. The van der Waals surface area contributed by atoms with Crippen molar-refractivity contribution in [3.8, 4) is 11.5 Å². The molecule has 0 saturated heterocycles. The second-order valence-corrected chi connectivity index (χ2v) is 20.2. The predicted octanol–water partition coefficient (Wildman–Crippen LogP) is 18.9. The summed E-state index contributed by atoms with van der Waals surface area (Å²) in [4.78, 5) is 26.0. The van der Waals surface area contributed by atoms with Gasteiger partial charge >= 0.3 is 44.9 Å². The first-order valence-corrected chi connectivity index (χ1v) is 27.4. The topological polar surface area (TPSA) is 56.5 Å². The fraction of sp³-hybridized carbons (Fsp3) is 0.750. The number of ether oxygens (including phenoxy) is 2. The minimum atomic E-state index is -10.7. The second kappa shape index (κ2) is 32.9. The quantitative estimate of drug-likeness (QED) is 0.0169. The third kappa shape index (κ3) is 37.5. The number of esters is 2. The van der Waals surface area contributed by atoms with Crippen molar-refractivity contribution in [3.63, 3.8) is 0 Å². The number of hydrogen-bond donors (Lipinski definition) is 0. The van der Waals surface area contributed by atoms with Crippen molar-refractivity contribution in [3.05, 3.63) is 52.8 Å². The number of rotatable bonds is 37. The first-order valence-electron chi connectivity index (χ1n) is 25.4. The van der Waals surface area contributed by atoms with Crippen LogP contribution in [0.2, 0.25) is 0 Å². The maximum atomic E-state index is 13.1. The van der Waals surface area contributed by atoms with Gasteiger partial charge in [0, 0.05) is 45.2 Å². The maximum absolute atomic E-state index is 13.1. The van der Waals surface area contributed by atoms with Crippen LogP contribution in [0.5, 0.6) is 11.5 Å². The third-order valence-electron chi connectivity index (χ3n) is 11.8. The summed E-state index contributed by atoms with van der Waals surface area (Å²) in [5.74, 6) is 0.218. The molecule has 1 aromatic heterocycles. The van der Waals surface area contributed by atoms with Crippen LogP contribution in [0.25, 0.3) is 0 Å². The standard InChI is InChI=1S/C52H88NO4.F6P/c1-6-8-10-12-14-16-18-20-22-24-26-28-30-32-34-36-51(54)56-49-39-38-48(40-41-53-46(4)42-45(3)43-47(53)5)44-50(49)57-52(55)37-35-33-31-29-27-25-23-21-19-17-15-13-11-9-7-2;1-7(2,3,4,5)6/h38-39,42-44H,6-37,40-41H2,1-5H3;/q+1;-1.